The largest absolute Gasteiger partial charge is 0.380 e. The van der Waals surface area contributed by atoms with Gasteiger partial charge in [0, 0.05) is 13.6 Å². The Labute approximate surface area is 108 Å². The monoisotopic (exact) mass is 247 g/mol. The van der Waals surface area contributed by atoms with Crippen molar-refractivity contribution in [3.63, 3.8) is 0 Å². The minimum Gasteiger partial charge on any atom is -0.380 e. The molecule has 0 spiro atoms. The molecule has 0 aliphatic heterocycles. The van der Waals surface area contributed by atoms with Gasteiger partial charge in [-0.25, -0.2) is 4.98 Å². The molecule has 4 heteroatoms. The summed E-state index contributed by atoms with van der Waals surface area (Å²) >= 11 is 0. The normalized spacial score (nSPS) is 11.3. The van der Waals surface area contributed by atoms with E-state index in [1.54, 1.807) is 0 Å². The lowest BCUT2D eigenvalue weighted by molar-refractivity contribution is 0.140. The van der Waals surface area contributed by atoms with Gasteiger partial charge in [0.25, 0.3) is 0 Å². The van der Waals surface area contributed by atoms with E-state index in [1.165, 1.54) is 11.1 Å². The SMILES string of the molecule is CNCCOCCc1ccc2c(c1)nc(C)n2C. The highest BCUT2D eigenvalue weighted by molar-refractivity contribution is 5.76. The van der Waals surface area contributed by atoms with Gasteiger partial charge in [-0.2, -0.15) is 0 Å². The van der Waals surface area contributed by atoms with Crippen LogP contribution in [0, 0.1) is 6.92 Å². The number of hydrogen-bond donors (Lipinski definition) is 1. The first kappa shape index (κ1) is 13.1. The van der Waals surface area contributed by atoms with Crippen molar-refractivity contribution in [2.24, 2.45) is 7.05 Å². The number of aromatic nitrogens is 2. The van der Waals surface area contributed by atoms with Crippen molar-refractivity contribution in [2.45, 2.75) is 13.3 Å². The summed E-state index contributed by atoms with van der Waals surface area (Å²) in [5.74, 6) is 1.05. The van der Waals surface area contributed by atoms with Crippen LogP contribution in [0.3, 0.4) is 0 Å². The van der Waals surface area contributed by atoms with Crippen LogP contribution in [0.5, 0.6) is 0 Å². The quantitative estimate of drug-likeness (QED) is 0.789. The Morgan fingerprint density at radius 2 is 2.17 bits per heavy atom. The second-order valence-corrected chi connectivity index (χ2v) is 4.51. The van der Waals surface area contributed by atoms with Gasteiger partial charge < -0.3 is 14.6 Å². The predicted molar refractivity (Wildman–Crippen MR) is 73.9 cm³/mol. The minimum atomic E-state index is 0.763. The fourth-order valence-electron chi connectivity index (χ4n) is 1.99. The Bertz CT molecular complexity index is 519. The van der Waals surface area contributed by atoms with Gasteiger partial charge in [0.15, 0.2) is 0 Å². The summed E-state index contributed by atoms with van der Waals surface area (Å²) < 4.78 is 7.64. The van der Waals surface area contributed by atoms with E-state index in [2.05, 4.69) is 33.1 Å². The van der Waals surface area contributed by atoms with E-state index < -0.39 is 0 Å². The number of imidazole rings is 1. The van der Waals surface area contributed by atoms with E-state index in [0.29, 0.717) is 0 Å². The Hall–Kier alpha value is -1.39. The number of rotatable bonds is 6. The third-order valence-electron chi connectivity index (χ3n) is 3.20. The Kier molecular flexibility index (Phi) is 4.33. The van der Waals surface area contributed by atoms with Gasteiger partial charge in [-0.1, -0.05) is 6.07 Å². The molecule has 1 N–H and O–H groups in total. The Morgan fingerprint density at radius 3 is 2.94 bits per heavy atom. The molecular formula is C14H21N3O. The van der Waals surface area contributed by atoms with Gasteiger partial charge >= 0.3 is 0 Å². The van der Waals surface area contributed by atoms with Crippen molar-refractivity contribution >= 4 is 11.0 Å². The van der Waals surface area contributed by atoms with Crippen LogP contribution < -0.4 is 5.32 Å². The topological polar surface area (TPSA) is 39.1 Å². The average molecular weight is 247 g/mol. The molecule has 1 aromatic carbocycles. The summed E-state index contributed by atoms with van der Waals surface area (Å²) in [6, 6.07) is 6.45. The van der Waals surface area contributed by atoms with E-state index in [0.717, 1.165) is 37.5 Å². The fourth-order valence-corrected chi connectivity index (χ4v) is 1.99. The molecule has 4 nitrogen and oxygen atoms in total. The molecule has 18 heavy (non-hydrogen) atoms. The molecule has 0 atom stereocenters. The lowest BCUT2D eigenvalue weighted by Gasteiger charge is -2.04. The van der Waals surface area contributed by atoms with Crippen LogP contribution in [0.1, 0.15) is 11.4 Å². The van der Waals surface area contributed by atoms with Crippen molar-refractivity contribution < 1.29 is 4.74 Å². The van der Waals surface area contributed by atoms with Crippen LogP contribution in [-0.4, -0.2) is 36.4 Å². The maximum absolute atomic E-state index is 5.53. The molecule has 2 aromatic rings. The second-order valence-electron chi connectivity index (χ2n) is 4.51. The number of benzene rings is 1. The number of nitrogens with zero attached hydrogens (tertiary/aromatic N) is 2. The molecule has 0 saturated carbocycles. The third-order valence-corrected chi connectivity index (χ3v) is 3.20. The highest BCUT2D eigenvalue weighted by Gasteiger charge is 2.04. The summed E-state index contributed by atoms with van der Waals surface area (Å²) in [5, 5.41) is 3.06. The number of aryl methyl sites for hydroxylation is 2. The maximum atomic E-state index is 5.53. The number of ether oxygens (including phenoxy) is 1. The van der Waals surface area contributed by atoms with Crippen LogP contribution in [0.15, 0.2) is 18.2 Å². The smallest absolute Gasteiger partial charge is 0.106 e. The van der Waals surface area contributed by atoms with Crippen molar-refractivity contribution in [2.75, 3.05) is 26.8 Å². The highest BCUT2D eigenvalue weighted by atomic mass is 16.5. The lowest BCUT2D eigenvalue weighted by Crippen LogP contribution is -2.15. The van der Waals surface area contributed by atoms with Gasteiger partial charge in [0.2, 0.25) is 0 Å². The zero-order chi connectivity index (χ0) is 13.0. The molecule has 0 aliphatic carbocycles. The first-order chi connectivity index (χ1) is 8.72. The summed E-state index contributed by atoms with van der Waals surface area (Å²) in [4.78, 5) is 4.54. The first-order valence-electron chi connectivity index (χ1n) is 6.36. The van der Waals surface area contributed by atoms with Gasteiger partial charge in [-0.3, -0.25) is 0 Å². The van der Waals surface area contributed by atoms with Crippen molar-refractivity contribution in [1.29, 1.82) is 0 Å². The minimum absolute atomic E-state index is 0.763. The fraction of sp³-hybridized carbons (Fsp3) is 0.500. The lowest BCUT2D eigenvalue weighted by atomic mass is 10.1. The molecule has 0 aliphatic rings. The standard InChI is InChI=1S/C14H21N3O/c1-11-16-13-10-12(4-5-14(13)17(11)3)6-8-18-9-7-15-2/h4-5,10,15H,6-9H2,1-3H3. The zero-order valence-electron chi connectivity index (χ0n) is 11.4. The predicted octanol–water partition coefficient (Wildman–Crippen LogP) is 1.66. The van der Waals surface area contributed by atoms with E-state index in [-0.39, 0.29) is 0 Å². The number of likely N-dealkylation sites (N-methyl/N-ethyl adjacent to an activating group) is 1. The number of fused-ring (bicyclic) bond motifs is 1. The van der Waals surface area contributed by atoms with Gasteiger partial charge in [0.1, 0.15) is 5.82 Å². The highest BCUT2D eigenvalue weighted by Crippen LogP contribution is 2.16. The molecule has 0 amide bonds. The Morgan fingerprint density at radius 1 is 1.33 bits per heavy atom. The van der Waals surface area contributed by atoms with E-state index in [1.807, 2.05) is 21.0 Å². The second kappa shape index (κ2) is 5.98. The molecule has 2 rings (SSSR count). The van der Waals surface area contributed by atoms with Crippen LogP contribution in [0.25, 0.3) is 11.0 Å². The summed E-state index contributed by atoms with van der Waals surface area (Å²) in [7, 11) is 3.98. The van der Waals surface area contributed by atoms with Gasteiger partial charge in [0.05, 0.1) is 24.2 Å². The molecule has 98 valence electrons. The van der Waals surface area contributed by atoms with Crippen LogP contribution in [0.2, 0.25) is 0 Å². The molecule has 0 unspecified atom stereocenters. The van der Waals surface area contributed by atoms with Gasteiger partial charge in [-0.15, -0.1) is 0 Å². The molecular weight excluding hydrogens is 226 g/mol. The molecule has 0 fully saturated rings. The summed E-state index contributed by atoms with van der Waals surface area (Å²) in [5.41, 5.74) is 3.54. The zero-order valence-corrected chi connectivity index (χ0v) is 11.4. The van der Waals surface area contributed by atoms with Crippen LogP contribution in [0.4, 0.5) is 0 Å². The summed E-state index contributed by atoms with van der Waals surface area (Å²) in [6.45, 7) is 4.46. The molecule has 1 aromatic heterocycles. The van der Waals surface area contributed by atoms with Crippen molar-refractivity contribution in [1.82, 2.24) is 14.9 Å². The number of hydrogen-bond acceptors (Lipinski definition) is 3. The first-order valence-corrected chi connectivity index (χ1v) is 6.36. The number of nitrogens with one attached hydrogen (secondary N) is 1. The molecule has 0 bridgehead atoms. The molecule has 0 radical (unpaired) electrons. The Balaban J connectivity index is 1.98. The maximum Gasteiger partial charge on any atom is 0.106 e. The van der Waals surface area contributed by atoms with Crippen molar-refractivity contribution in [3.8, 4) is 0 Å². The van der Waals surface area contributed by atoms with E-state index >= 15 is 0 Å². The average Bonchev–Trinajstić information content (AvgIpc) is 2.65. The summed E-state index contributed by atoms with van der Waals surface area (Å²) in [6.07, 6.45) is 0.940. The van der Waals surface area contributed by atoms with Crippen LogP contribution in [-0.2, 0) is 18.2 Å². The third kappa shape index (κ3) is 2.89. The van der Waals surface area contributed by atoms with Gasteiger partial charge in [-0.05, 0) is 38.1 Å². The van der Waals surface area contributed by atoms with Crippen molar-refractivity contribution in [3.05, 3.63) is 29.6 Å². The van der Waals surface area contributed by atoms with E-state index in [9.17, 15) is 0 Å². The van der Waals surface area contributed by atoms with E-state index in [4.69, 9.17) is 4.74 Å². The molecule has 1 heterocycles. The molecule has 0 saturated heterocycles. The van der Waals surface area contributed by atoms with Crippen LogP contribution >= 0.6 is 0 Å².